The Hall–Kier alpha value is -3.06. The fourth-order valence-electron chi connectivity index (χ4n) is 4.66. The number of carbonyl (C=O) groups excluding carboxylic acids is 1. The second kappa shape index (κ2) is 8.23. The van der Waals surface area contributed by atoms with Gasteiger partial charge in [-0.2, -0.15) is 4.98 Å². The number of likely N-dealkylation sites (tertiary alicyclic amines) is 1. The highest BCUT2D eigenvalue weighted by molar-refractivity contribution is 5.97. The lowest BCUT2D eigenvalue weighted by atomic mass is 9.95. The van der Waals surface area contributed by atoms with Gasteiger partial charge in [0, 0.05) is 23.2 Å². The van der Waals surface area contributed by atoms with E-state index < -0.39 is 0 Å². The molecule has 2 aromatic carbocycles. The first-order chi connectivity index (χ1) is 15.1. The fourth-order valence-corrected chi connectivity index (χ4v) is 4.66. The van der Waals surface area contributed by atoms with E-state index in [-0.39, 0.29) is 23.7 Å². The largest absolute Gasteiger partial charge is 0.338 e. The lowest BCUT2D eigenvalue weighted by Crippen LogP contribution is -2.44. The number of piperidine rings is 1. The monoisotopic (exact) mass is 420 g/mol. The number of amides is 1. The third kappa shape index (κ3) is 3.97. The van der Waals surface area contributed by atoms with Crippen LogP contribution in [0.3, 0.4) is 0 Å². The number of carbonyl (C=O) groups is 1. The zero-order chi connectivity index (χ0) is 21.4. The van der Waals surface area contributed by atoms with Crippen LogP contribution in [0.4, 0.5) is 10.1 Å². The first-order valence-electron chi connectivity index (χ1n) is 10.8. The molecule has 1 aromatic heterocycles. The number of hydrogen-bond donors (Lipinski definition) is 0. The molecule has 3 heterocycles. The van der Waals surface area contributed by atoms with Gasteiger partial charge in [-0.15, -0.1) is 0 Å². The minimum atomic E-state index is -0.295. The standard InChI is InChI=1S/C24H25FN4O2/c1-16-14-19-4-2-3-5-21(19)29(16)24(30)18-10-12-28(13-11-18)15-22-26-23(27-31-22)17-6-8-20(25)9-7-17/h2-9,16,18H,10-15H2,1H3. The number of rotatable bonds is 4. The Kier molecular flexibility index (Phi) is 5.28. The Morgan fingerprint density at radius 1 is 1.13 bits per heavy atom. The summed E-state index contributed by atoms with van der Waals surface area (Å²) in [6.45, 7) is 4.31. The highest BCUT2D eigenvalue weighted by Gasteiger charge is 2.36. The third-order valence-corrected chi connectivity index (χ3v) is 6.31. The Balaban J connectivity index is 1.19. The summed E-state index contributed by atoms with van der Waals surface area (Å²) in [5, 5.41) is 4.01. The van der Waals surface area contributed by atoms with Gasteiger partial charge in [0.25, 0.3) is 0 Å². The average Bonchev–Trinajstić information content (AvgIpc) is 3.38. The molecule has 7 heteroatoms. The molecule has 0 spiro atoms. The molecule has 3 aromatic rings. The molecule has 0 aliphatic carbocycles. The molecule has 1 unspecified atom stereocenters. The number of nitrogens with zero attached hydrogens (tertiary/aromatic N) is 4. The maximum atomic E-state index is 13.3. The fraction of sp³-hybridized carbons (Fsp3) is 0.375. The van der Waals surface area contributed by atoms with Gasteiger partial charge >= 0.3 is 0 Å². The number of anilines is 1. The minimum Gasteiger partial charge on any atom is -0.338 e. The summed E-state index contributed by atoms with van der Waals surface area (Å²) in [4.78, 5) is 21.9. The quantitative estimate of drug-likeness (QED) is 0.637. The molecule has 1 fully saturated rings. The highest BCUT2D eigenvalue weighted by Crippen LogP contribution is 2.34. The Morgan fingerprint density at radius 2 is 1.87 bits per heavy atom. The number of halogens is 1. The average molecular weight is 420 g/mol. The molecule has 1 amide bonds. The summed E-state index contributed by atoms with van der Waals surface area (Å²) in [5.41, 5.74) is 3.05. The van der Waals surface area contributed by atoms with Crippen LogP contribution in [0.1, 0.15) is 31.2 Å². The zero-order valence-electron chi connectivity index (χ0n) is 17.5. The van der Waals surface area contributed by atoms with Gasteiger partial charge < -0.3 is 9.42 Å². The van der Waals surface area contributed by atoms with E-state index >= 15 is 0 Å². The molecule has 0 N–H and O–H groups in total. The molecule has 1 atom stereocenters. The van der Waals surface area contributed by atoms with Gasteiger partial charge in [0.05, 0.1) is 6.54 Å². The van der Waals surface area contributed by atoms with Crippen molar-refractivity contribution in [1.82, 2.24) is 15.0 Å². The van der Waals surface area contributed by atoms with Gasteiger partial charge in [-0.25, -0.2) is 4.39 Å². The molecule has 1 saturated heterocycles. The summed E-state index contributed by atoms with van der Waals surface area (Å²) in [6.07, 6.45) is 2.57. The lowest BCUT2D eigenvalue weighted by molar-refractivity contribution is -0.124. The van der Waals surface area contributed by atoms with Crippen LogP contribution in [0.15, 0.2) is 53.1 Å². The number of benzene rings is 2. The van der Waals surface area contributed by atoms with E-state index in [2.05, 4.69) is 34.1 Å². The van der Waals surface area contributed by atoms with Crippen molar-refractivity contribution >= 4 is 11.6 Å². The van der Waals surface area contributed by atoms with Crippen LogP contribution in [0.5, 0.6) is 0 Å². The third-order valence-electron chi connectivity index (χ3n) is 6.31. The Morgan fingerprint density at radius 3 is 2.65 bits per heavy atom. The van der Waals surface area contributed by atoms with E-state index in [9.17, 15) is 9.18 Å². The summed E-state index contributed by atoms with van der Waals surface area (Å²) in [7, 11) is 0. The molecule has 2 aliphatic rings. The van der Waals surface area contributed by atoms with Crippen molar-refractivity contribution in [3.63, 3.8) is 0 Å². The first kappa shape index (κ1) is 19.9. The lowest BCUT2D eigenvalue weighted by Gasteiger charge is -2.34. The predicted molar refractivity (Wildman–Crippen MR) is 115 cm³/mol. The molecule has 160 valence electrons. The number of para-hydroxylation sites is 1. The zero-order valence-corrected chi connectivity index (χ0v) is 17.5. The van der Waals surface area contributed by atoms with Crippen LogP contribution in [-0.2, 0) is 17.8 Å². The molecule has 31 heavy (non-hydrogen) atoms. The van der Waals surface area contributed by atoms with E-state index in [1.807, 2.05) is 17.0 Å². The molecule has 6 nitrogen and oxygen atoms in total. The number of aromatic nitrogens is 2. The van der Waals surface area contributed by atoms with Crippen molar-refractivity contribution in [1.29, 1.82) is 0 Å². The molecule has 0 saturated carbocycles. The number of hydrogen-bond acceptors (Lipinski definition) is 5. The Bertz CT molecular complexity index is 1070. The van der Waals surface area contributed by atoms with Crippen molar-refractivity contribution < 1.29 is 13.7 Å². The van der Waals surface area contributed by atoms with Crippen molar-refractivity contribution in [2.75, 3.05) is 18.0 Å². The molecule has 0 bridgehead atoms. The number of fused-ring (bicyclic) bond motifs is 1. The van der Waals surface area contributed by atoms with Crippen molar-refractivity contribution in [3.8, 4) is 11.4 Å². The topological polar surface area (TPSA) is 62.5 Å². The normalized spacial score (nSPS) is 19.5. The first-order valence-corrected chi connectivity index (χ1v) is 10.8. The highest BCUT2D eigenvalue weighted by atomic mass is 19.1. The van der Waals surface area contributed by atoms with E-state index in [0.717, 1.165) is 43.6 Å². The van der Waals surface area contributed by atoms with Crippen molar-refractivity contribution in [3.05, 3.63) is 65.8 Å². The smallest absolute Gasteiger partial charge is 0.241 e. The summed E-state index contributed by atoms with van der Waals surface area (Å²) in [5.74, 6) is 0.987. The van der Waals surface area contributed by atoms with Gasteiger partial charge in [-0.3, -0.25) is 9.69 Å². The molecular formula is C24H25FN4O2. The maximum Gasteiger partial charge on any atom is 0.241 e. The minimum absolute atomic E-state index is 0.0438. The van der Waals surface area contributed by atoms with Crippen LogP contribution in [0.2, 0.25) is 0 Å². The van der Waals surface area contributed by atoms with Crippen molar-refractivity contribution in [2.24, 2.45) is 5.92 Å². The van der Waals surface area contributed by atoms with Crippen LogP contribution < -0.4 is 4.90 Å². The second-order valence-electron chi connectivity index (χ2n) is 8.46. The Labute approximate surface area is 180 Å². The van der Waals surface area contributed by atoms with Gasteiger partial charge in [-0.1, -0.05) is 23.4 Å². The predicted octanol–water partition coefficient (Wildman–Crippen LogP) is 4.07. The summed E-state index contributed by atoms with van der Waals surface area (Å²) in [6, 6.07) is 14.5. The summed E-state index contributed by atoms with van der Waals surface area (Å²) >= 11 is 0. The van der Waals surface area contributed by atoms with E-state index in [1.54, 1.807) is 12.1 Å². The van der Waals surface area contributed by atoms with Gasteiger partial charge in [0.2, 0.25) is 17.6 Å². The van der Waals surface area contributed by atoms with Gasteiger partial charge in [0.15, 0.2) is 0 Å². The van der Waals surface area contributed by atoms with Crippen LogP contribution in [0.25, 0.3) is 11.4 Å². The van der Waals surface area contributed by atoms with Crippen molar-refractivity contribution in [2.45, 2.75) is 38.8 Å². The molecule has 5 rings (SSSR count). The van der Waals surface area contributed by atoms with E-state index in [1.165, 1.54) is 17.7 Å². The second-order valence-corrected chi connectivity index (χ2v) is 8.46. The van der Waals surface area contributed by atoms with Gasteiger partial charge in [-0.05, 0) is 75.2 Å². The summed E-state index contributed by atoms with van der Waals surface area (Å²) < 4.78 is 18.5. The molecule has 2 aliphatic heterocycles. The van der Waals surface area contributed by atoms with Crippen LogP contribution in [-0.4, -0.2) is 40.1 Å². The van der Waals surface area contributed by atoms with Gasteiger partial charge in [0.1, 0.15) is 5.82 Å². The van der Waals surface area contributed by atoms with E-state index in [4.69, 9.17) is 4.52 Å². The molecule has 0 radical (unpaired) electrons. The van der Waals surface area contributed by atoms with Crippen LogP contribution >= 0.6 is 0 Å². The molecular weight excluding hydrogens is 395 g/mol. The maximum absolute atomic E-state index is 13.3. The van der Waals surface area contributed by atoms with E-state index in [0.29, 0.717) is 18.3 Å². The van der Waals surface area contributed by atoms with Crippen LogP contribution in [0, 0.1) is 11.7 Å². The SMILES string of the molecule is CC1Cc2ccccc2N1C(=O)C1CCN(Cc2nc(-c3ccc(F)cc3)no2)CC1.